The quantitative estimate of drug-likeness (QED) is 0.357. The van der Waals surface area contributed by atoms with Gasteiger partial charge in [0, 0.05) is 26.7 Å². The molecular formula is C11H11I3N2O4. The van der Waals surface area contributed by atoms with E-state index in [0.717, 1.165) is 0 Å². The van der Waals surface area contributed by atoms with E-state index in [9.17, 15) is 19.8 Å². The standard InChI is InChI=1S/C11H11I3N2O4/c1-4(18)16(15-2)10-8(13)5(3-17)7(12)6(9(10)14)11(19)20/h15,17H,3H2,1-2H3,(H,19,20). The van der Waals surface area contributed by atoms with Crippen molar-refractivity contribution in [1.29, 1.82) is 0 Å². The van der Waals surface area contributed by atoms with E-state index in [1.165, 1.54) is 11.9 Å². The highest BCUT2D eigenvalue weighted by Crippen LogP contribution is 2.37. The third-order valence-corrected chi connectivity index (χ3v) is 5.92. The molecule has 110 valence electrons. The monoisotopic (exact) mass is 616 g/mol. The van der Waals surface area contributed by atoms with E-state index in [1.54, 1.807) is 7.05 Å². The van der Waals surface area contributed by atoms with E-state index in [2.05, 4.69) is 5.43 Å². The van der Waals surface area contributed by atoms with Gasteiger partial charge in [-0.3, -0.25) is 4.79 Å². The maximum Gasteiger partial charge on any atom is 0.337 e. The zero-order chi connectivity index (χ0) is 15.6. The van der Waals surface area contributed by atoms with Crippen molar-refractivity contribution in [2.75, 3.05) is 12.1 Å². The van der Waals surface area contributed by atoms with Gasteiger partial charge in [0.05, 0.1) is 21.4 Å². The molecule has 3 N–H and O–H groups in total. The van der Waals surface area contributed by atoms with Crippen LogP contribution in [0.2, 0.25) is 0 Å². The number of halogens is 3. The lowest BCUT2D eigenvalue weighted by atomic mass is 10.1. The summed E-state index contributed by atoms with van der Waals surface area (Å²) in [6.07, 6.45) is 0. The van der Waals surface area contributed by atoms with Crippen LogP contribution in [0.5, 0.6) is 0 Å². The summed E-state index contributed by atoms with van der Waals surface area (Å²) in [5, 5.41) is 20.1. The maximum atomic E-state index is 11.7. The summed E-state index contributed by atoms with van der Waals surface area (Å²) in [5.74, 6) is -1.37. The Morgan fingerprint density at radius 1 is 1.20 bits per heavy atom. The number of rotatable bonds is 4. The number of anilines is 1. The van der Waals surface area contributed by atoms with Crippen LogP contribution in [0.3, 0.4) is 0 Å². The zero-order valence-electron chi connectivity index (χ0n) is 10.5. The molecule has 0 aliphatic heterocycles. The van der Waals surface area contributed by atoms with Gasteiger partial charge in [-0.25, -0.2) is 15.2 Å². The fourth-order valence-electron chi connectivity index (χ4n) is 1.65. The first-order chi connectivity index (χ1) is 9.27. The Morgan fingerprint density at radius 2 is 1.75 bits per heavy atom. The van der Waals surface area contributed by atoms with E-state index in [4.69, 9.17) is 0 Å². The molecular weight excluding hydrogens is 605 g/mol. The number of nitrogens with one attached hydrogen (secondary N) is 1. The molecule has 6 nitrogen and oxygen atoms in total. The number of carbonyl (C=O) groups is 2. The number of benzene rings is 1. The number of hydrogen-bond acceptors (Lipinski definition) is 4. The molecule has 20 heavy (non-hydrogen) atoms. The highest BCUT2D eigenvalue weighted by molar-refractivity contribution is 14.1. The van der Waals surface area contributed by atoms with Gasteiger partial charge in [-0.2, -0.15) is 0 Å². The lowest BCUT2D eigenvalue weighted by Crippen LogP contribution is -2.40. The minimum absolute atomic E-state index is 0.0900. The molecule has 1 aromatic rings. The number of carboxylic acid groups (broad SMARTS) is 1. The molecule has 1 rings (SSSR count). The van der Waals surface area contributed by atoms with E-state index in [1.807, 2.05) is 67.8 Å². The molecule has 0 spiro atoms. The van der Waals surface area contributed by atoms with Crippen molar-refractivity contribution < 1.29 is 19.8 Å². The second kappa shape index (κ2) is 7.51. The van der Waals surface area contributed by atoms with Crippen LogP contribution in [0, 0.1) is 10.7 Å². The van der Waals surface area contributed by atoms with Gasteiger partial charge in [-0.1, -0.05) is 0 Å². The van der Waals surface area contributed by atoms with Crippen LogP contribution in [0.4, 0.5) is 5.69 Å². The zero-order valence-corrected chi connectivity index (χ0v) is 17.0. The van der Waals surface area contributed by atoms with Gasteiger partial charge in [-0.15, -0.1) is 0 Å². The summed E-state index contributed by atoms with van der Waals surface area (Å²) in [6.45, 7) is 1.08. The van der Waals surface area contributed by atoms with Gasteiger partial charge in [-0.05, 0) is 67.8 Å². The van der Waals surface area contributed by atoms with Crippen molar-refractivity contribution in [3.8, 4) is 0 Å². The summed E-state index contributed by atoms with van der Waals surface area (Å²) in [4.78, 5) is 23.1. The highest BCUT2D eigenvalue weighted by atomic mass is 127. The average Bonchev–Trinajstić information content (AvgIpc) is 2.33. The molecule has 0 bridgehead atoms. The Bertz CT molecular complexity index is 578. The van der Waals surface area contributed by atoms with Gasteiger partial charge in [0.2, 0.25) is 5.91 Å². The fourth-order valence-corrected chi connectivity index (χ4v) is 6.10. The Morgan fingerprint density at radius 3 is 2.10 bits per heavy atom. The van der Waals surface area contributed by atoms with E-state index < -0.39 is 5.97 Å². The topological polar surface area (TPSA) is 89.9 Å². The van der Waals surface area contributed by atoms with Crippen LogP contribution in [0.1, 0.15) is 22.8 Å². The molecule has 0 saturated heterocycles. The van der Waals surface area contributed by atoms with Crippen molar-refractivity contribution >= 4 is 85.3 Å². The first-order valence-corrected chi connectivity index (χ1v) is 8.53. The summed E-state index contributed by atoms with van der Waals surface area (Å²) in [5.41, 5.74) is 3.77. The first kappa shape index (κ1) is 18.3. The predicted molar refractivity (Wildman–Crippen MR) is 99.7 cm³/mol. The lowest BCUT2D eigenvalue weighted by molar-refractivity contribution is -0.117. The van der Waals surface area contributed by atoms with Crippen LogP contribution < -0.4 is 10.4 Å². The maximum absolute atomic E-state index is 11.7. The van der Waals surface area contributed by atoms with E-state index in [-0.39, 0.29) is 18.1 Å². The minimum atomic E-state index is -1.09. The second-order valence-electron chi connectivity index (χ2n) is 3.69. The van der Waals surface area contributed by atoms with Crippen LogP contribution in [0.15, 0.2) is 0 Å². The number of aromatic carboxylic acids is 1. The summed E-state index contributed by atoms with van der Waals surface area (Å²) >= 11 is 5.82. The normalized spacial score (nSPS) is 10.5. The number of carbonyl (C=O) groups excluding carboxylic acids is 1. The van der Waals surface area contributed by atoms with Crippen molar-refractivity contribution in [2.45, 2.75) is 13.5 Å². The number of carboxylic acids is 1. The third-order valence-electron chi connectivity index (χ3n) is 2.52. The van der Waals surface area contributed by atoms with Gasteiger partial charge >= 0.3 is 5.97 Å². The molecule has 0 saturated carbocycles. The third kappa shape index (κ3) is 3.36. The molecule has 0 heterocycles. The van der Waals surface area contributed by atoms with Crippen molar-refractivity contribution in [3.63, 3.8) is 0 Å². The Labute approximate surface area is 156 Å². The summed E-state index contributed by atoms with van der Waals surface area (Å²) in [7, 11) is 1.57. The molecule has 0 aromatic heterocycles. The van der Waals surface area contributed by atoms with Crippen LogP contribution >= 0.6 is 67.8 Å². The molecule has 0 atom stereocenters. The summed E-state index contributed by atoms with van der Waals surface area (Å²) in [6, 6.07) is 0. The van der Waals surface area contributed by atoms with Crippen molar-refractivity contribution in [2.24, 2.45) is 0 Å². The molecule has 1 amide bonds. The van der Waals surface area contributed by atoms with Crippen LogP contribution in [-0.4, -0.2) is 29.1 Å². The molecule has 0 aliphatic carbocycles. The number of amides is 1. The van der Waals surface area contributed by atoms with E-state index in [0.29, 0.717) is 22.0 Å². The number of hydrogen-bond donors (Lipinski definition) is 3. The van der Waals surface area contributed by atoms with Gasteiger partial charge < -0.3 is 10.2 Å². The average molecular weight is 616 g/mol. The number of nitrogens with zero attached hydrogens (tertiary/aromatic N) is 1. The Kier molecular flexibility index (Phi) is 6.88. The van der Waals surface area contributed by atoms with E-state index >= 15 is 0 Å². The first-order valence-electron chi connectivity index (χ1n) is 5.29. The highest BCUT2D eigenvalue weighted by Gasteiger charge is 2.27. The van der Waals surface area contributed by atoms with Crippen LogP contribution in [0.25, 0.3) is 0 Å². The molecule has 0 aliphatic rings. The van der Waals surface area contributed by atoms with Gasteiger partial charge in [0.25, 0.3) is 0 Å². The fraction of sp³-hybridized carbons (Fsp3) is 0.273. The largest absolute Gasteiger partial charge is 0.478 e. The minimum Gasteiger partial charge on any atom is -0.478 e. The predicted octanol–water partition coefficient (Wildman–Crippen LogP) is 2.18. The summed E-state index contributed by atoms with van der Waals surface area (Å²) < 4.78 is 1.58. The molecule has 9 heteroatoms. The van der Waals surface area contributed by atoms with Gasteiger partial charge in [0.1, 0.15) is 0 Å². The molecule has 1 aromatic carbocycles. The van der Waals surface area contributed by atoms with Crippen molar-refractivity contribution in [3.05, 3.63) is 21.8 Å². The Balaban J connectivity index is 3.80. The van der Waals surface area contributed by atoms with Gasteiger partial charge in [0.15, 0.2) is 0 Å². The number of hydrazine groups is 1. The Hall–Kier alpha value is 0.270. The smallest absolute Gasteiger partial charge is 0.337 e. The van der Waals surface area contributed by atoms with Crippen LogP contribution in [-0.2, 0) is 11.4 Å². The molecule has 0 radical (unpaired) electrons. The lowest BCUT2D eigenvalue weighted by Gasteiger charge is -2.25. The molecule has 0 unspecified atom stereocenters. The second-order valence-corrected chi connectivity index (χ2v) is 6.92. The van der Waals surface area contributed by atoms with Crippen molar-refractivity contribution in [1.82, 2.24) is 5.43 Å². The number of aliphatic hydroxyl groups excluding tert-OH is 1. The number of aliphatic hydroxyl groups is 1. The molecule has 0 fully saturated rings. The SMILES string of the molecule is CNN(C(C)=O)c1c(I)c(CO)c(I)c(C(=O)O)c1I.